The van der Waals surface area contributed by atoms with E-state index in [1.807, 2.05) is 0 Å². The number of aryl methyl sites for hydroxylation is 1. The van der Waals surface area contributed by atoms with Gasteiger partial charge in [-0.1, -0.05) is 0 Å². The number of piperazine rings is 1. The quantitative estimate of drug-likeness (QED) is 0.870. The number of hydrogen-bond acceptors (Lipinski definition) is 5. The van der Waals surface area contributed by atoms with Crippen molar-refractivity contribution in [2.24, 2.45) is 0 Å². The number of rotatable bonds is 4. The fraction of sp³-hybridized carbons (Fsp3) is 0.524. The van der Waals surface area contributed by atoms with E-state index in [9.17, 15) is 4.79 Å². The highest BCUT2D eigenvalue weighted by atomic mass is 16.1. The van der Waals surface area contributed by atoms with Gasteiger partial charge in [0.1, 0.15) is 0 Å². The minimum Gasteiger partial charge on any atom is -0.369 e. The van der Waals surface area contributed by atoms with Crippen molar-refractivity contribution in [1.29, 1.82) is 0 Å². The van der Waals surface area contributed by atoms with E-state index in [0.717, 1.165) is 68.8 Å². The first-order valence-corrected chi connectivity index (χ1v) is 10.1. The van der Waals surface area contributed by atoms with E-state index >= 15 is 0 Å². The molecule has 2 aromatic rings. The fourth-order valence-corrected chi connectivity index (χ4v) is 4.05. The van der Waals surface area contributed by atoms with E-state index in [4.69, 9.17) is 0 Å². The summed E-state index contributed by atoms with van der Waals surface area (Å²) in [6.07, 6.45) is 3.94. The number of nitrogens with zero attached hydrogens (tertiary/aromatic N) is 3. The number of benzene rings is 1. The van der Waals surface area contributed by atoms with Crippen molar-refractivity contribution in [3.8, 4) is 0 Å². The molecule has 1 fully saturated rings. The second-order valence-electron chi connectivity index (χ2n) is 7.84. The van der Waals surface area contributed by atoms with Crippen molar-refractivity contribution in [3.05, 3.63) is 45.9 Å². The number of anilines is 3. The van der Waals surface area contributed by atoms with Crippen molar-refractivity contribution in [1.82, 2.24) is 14.9 Å². The van der Waals surface area contributed by atoms with Crippen LogP contribution in [0.5, 0.6) is 0 Å². The number of aromatic nitrogens is 2. The summed E-state index contributed by atoms with van der Waals surface area (Å²) in [5, 5.41) is 3.25. The third kappa shape index (κ3) is 4.00. The SMILES string of the molecule is CC(C)N1CCN(c2ccc(Nc3nc4c(c(=O)[nH]3)CCCC4)cc2)CC1. The Morgan fingerprint density at radius 1 is 1.04 bits per heavy atom. The van der Waals surface area contributed by atoms with E-state index in [-0.39, 0.29) is 5.56 Å². The van der Waals surface area contributed by atoms with Gasteiger partial charge in [-0.25, -0.2) is 4.98 Å². The van der Waals surface area contributed by atoms with Gasteiger partial charge in [-0.3, -0.25) is 14.7 Å². The lowest BCUT2D eigenvalue weighted by Gasteiger charge is -2.38. The molecule has 0 saturated carbocycles. The molecule has 1 aromatic heterocycles. The number of H-pyrrole nitrogens is 1. The molecule has 0 spiro atoms. The lowest BCUT2D eigenvalue weighted by Crippen LogP contribution is -2.48. The average Bonchev–Trinajstić information content (AvgIpc) is 2.69. The standard InChI is InChI=1S/C21H29N5O/c1-15(2)25-11-13-26(14-12-25)17-9-7-16(8-10-17)22-21-23-19-6-4-3-5-18(19)20(27)24-21/h7-10,15H,3-6,11-14H2,1-2H3,(H2,22,23,24,27). The van der Waals surface area contributed by atoms with Gasteiger partial charge in [0, 0.05) is 49.2 Å². The summed E-state index contributed by atoms with van der Waals surface area (Å²) < 4.78 is 0. The maximum atomic E-state index is 12.3. The molecule has 1 aliphatic carbocycles. The maximum absolute atomic E-state index is 12.3. The Kier molecular flexibility index (Phi) is 5.16. The van der Waals surface area contributed by atoms with Crippen LogP contribution >= 0.6 is 0 Å². The van der Waals surface area contributed by atoms with Crippen LogP contribution in [0.4, 0.5) is 17.3 Å². The van der Waals surface area contributed by atoms with Crippen molar-refractivity contribution >= 4 is 17.3 Å². The largest absolute Gasteiger partial charge is 0.369 e. The van der Waals surface area contributed by atoms with Crippen LogP contribution in [0.3, 0.4) is 0 Å². The highest BCUT2D eigenvalue weighted by Crippen LogP contribution is 2.22. The van der Waals surface area contributed by atoms with Crippen molar-refractivity contribution in [2.45, 2.75) is 45.6 Å². The predicted octanol–water partition coefficient (Wildman–Crippen LogP) is 2.92. The molecule has 0 atom stereocenters. The summed E-state index contributed by atoms with van der Waals surface area (Å²) in [4.78, 5) is 24.7. The number of hydrogen-bond donors (Lipinski definition) is 2. The molecule has 6 nitrogen and oxygen atoms in total. The Hall–Kier alpha value is -2.34. The second-order valence-corrected chi connectivity index (χ2v) is 7.84. The molecule has 27 heavy (non-hydrogen) atoms. The van der Waals surface area contributed by atoms with Gasteiger partial charge < -0.3 is 10.2 Å². The maximum Gasteiger partial charge on any atom is 0.255 e. The Morgan fingerprint density at radius 2 is 1.74 bits per heavy atom. The van der Waals surface area contributed by atoms with Crippen molar-refractivity contribution in [3.63, 3.8) is 0 Å². The normalized spacial score (nSPS) is 17.8. The van der Waals surface area contributed by atoms with Gasteiger partial charge in [-0.15, -0.1) is 0 Å². The topological polar surface area (TPSA) is 64.3 Å². The van der Waals surface area contributed by atoms with Crippen LogP contribution in [0, 0.1) is 0 Å². The highest BCUT2D eigenvalue weighted by Gasteiger charge is 2.19. The third-order valence-electron chi connectivity index (χ3n) is 5.73. The number of fused-ring (bicyclic) bond motifs is 1. The van der Waals surface area contributed by atoms with E-state index in [1.165, 1.54) is 5.69 Å². The summed E-state index contributed by atoms with van der Waals surface area (Å²) in [5.41, 5.74) is 4.01. The van der Waals surface area contributed by atoms with Crippen LogP contribution in [0.25, 0.3) is 0 Å². The highest BCUT2D eigenvalue weighted by molar-refractivity contribution is 5.59. The fourth-order valence-electron chi connectivity index (χ4n) is 4.05. The first-order chi connectivity index (χ1) is 13.1. The molecule has 1 saturated heterocycles. The van der Waals surface area contributed by atoms with E-state index in [2.05, 4.69) is 63.2 Å². The number of nitrogens with one attached hydrogen (secondary N) is 2. The van der Waals surface area contributed by atoms with Gasteiger partial charge in [0.05, 0.1) is 5.69 Å². The van der Waals surface area contributed by atoms with Gasteiger partial charge in [0.2, 0.25) is 5.95 Å². The zero-order chi connectivity index (χ0) is 18.8. The van der Waals surface area contributed by atoms with Crippen LogP contribution in [-0.4, -0.2) is 47.1 Å². The van der Waals surface area contributed by atoms with Gasteiger partial charge in [-0.05, 0) is 63.8 Å². The molecule has 6 heteroatoms. The van der Waals surface area contributed by atoms with Crippen molar-refractivity contribution in [2.75, 3.05) is 36.4 Å². The van der Waals surface area contributed by atoms with Gasteiger partial charge in [0.15, 0.2) is 0 Å². The minimum absolute atomic E-state index is 0.00171. The molecule has 0 amide bonds. The monoisotopic (exact) mass is 367 g/mol. The molecule has 1 aliphatic heterocycles. The third-order valence-corrected chi connectivity index (χ3v) is 5.73. The molecule has 2 aliphatic rings. The predicted molar refractivity (Wildman–Crippen MR) is 110 cm³/mol. The molecule has 2 N–H and O–H groups in total. The smallest absolute Gasteiger partial charge is 0.255 e. The molecule has 0 unspecified atom stereocenters. The van der Waals surface area contributed by atoms with Crippen LogP contribution in [0.15, 0.2) is 29.1 Å². The zero-order valence-corrected chi connectivity index (χ0v) is 16.3. The van der Waals surface area contributed by atoms with Gasteiger partial charge >= 0.3 is 0 Å². The Morgan fingerprint density at radius 3 is 2.44 bits per heavy atom. The Balaban J connectivity index is 1.43. The summed E-state index contributed by atoms with van der Waals surface area (Å²) in [6, 6.07) is 9.02. The summed E-state index contributed by atoms with van der Waals surface area (Å²) in [5.74, 6) is 0.541. The van der Waals surface area contributed by atoms with E-state index < -0.39 is 0 Å². The summed E-state index contributed by atoms with van der Waals surface area (Å²) in [7, 11) is 0. The average molecular weight is 367 g/mol. The number of aromatic amines is 1. The first-order valence-electron chi connectivity index (χ1n) is 10.1. The van der Waals surface area contributed by atoms with E-state index in [1.54, 1.807) is 0 Å². The first kappa shape index (κ1) is 18.0. The summed E-state index contributed by atoms with van der Waals surface area (Å²) >= 11 is 0. The molecular formula is C21H29N5O. The zero-order valence-electron chi connectivity index (χ0n) is 16.3. The van der Waals surface area contributed by atoms with Crippen molar-refractivity contribution < 1.29 is 0 Å². The van der Waals surface area contributed by atoms with Crippen LogP contribution in [0.1, 0.15) is 37.9 Å². The molecule has 0 radical (unpaired) electrons. The molecular weight excluding hydrogens is 338 g/mol. The van der Waals surface area contributed by atoms with Gasteiger partial charge in [0.25, 0.3) is 5.56 Å². The molecule has 4 rings (SSSR count). The molecule has 1 aromatic carbocycles. The van der Waals surface area contributed by atoms with E-state index in [0.29, 0.717) is 12.0 Å². The van der Waals surface area contributed by atoms with Crippen LogP contribution < -0.4 is 15.8 Å². The molecule has 144 valence electrons. The van der Waals surface area contributed by atoms with Crippen LogP contribution in [0.2, 0.25) is 0 Å². The van der Waals surface area contributed by atoms with Crippen LogP contribution in [-0.2, 0) is 12.8 Å². The van der Waals surface area contributed by atoms with Gasteiger partial charge in [-0.2, -0.15) is 0 Å². The Labute approximate surface area is 160 Å². The Bertz CT molecular complexity index is 835. The lowest BCUT2D eigenvalue weighted by atomic mass is 9.97. The lowest BCUT2D eigenvalue weighted by molar-refractivity contribution is 0.209. The minimum atomic E-state index is 0.00171. The summed E-state index contributed by atoms with van der Waals surface area (Å²) in [6.45, 7) is 8.86. The molecule has 0 bridgehead atoms. The second kappa shape index (κ2) is 7.72. The molecule has 2 heterocycles.